The number of carbonyl (C=O) groups is 2. The lowest BCUT2D eigenvalue weighted by atomic mass is 10.2. The summed E-state index contributed by atoms with van der Waals surface area (Å²) in [7, 11) is 0. The third kappa shape index (κ3) is 3.82. The van der Waals surface area contributed by atoms with Gasteiger partial charge in [-0.25, -0.2) is 4.79 Å². The Labute approximate surface area is 136 Å². The molecule has 0 saturated carbocycles. The van der Waals surface area contributed by atoms with Crippen LogP contribution in [0.1, 0.15) is 33.1 Å². The monoisotopic (exact) mass is 320 g/mol. The van der Waals surface area contributed by atoms with Gasteiger partial charge in [-0.3, -0.25) is 4.79 Å². The van der Waals surface area contributed by atoms with E-state index in [0.29, 0.717) is 25.3 Å². The molecule has 2 amide bonds. The maximum atomic E-state index is 12.5. The lowest BCUT2D eigenvalue weighted by molar-refractivity contribution is -0.178. The summed E-state index contributed by atoms with van der Waals surface area (Å²) in [5, 5.41) is 10.5. The van der Waals surface area contributed by atoms with Crippen LogP contribution in [0.25, 0.3) is 0 Å². The zero-order valence-corrected chi connectivity index (χ0v) is 13.7. The minimum atomic E-state index is -2.08. The van der Waals surface area contributed by atoms with E-state index in [0.717, 1.165) is 12.8 Å². The first-order valence-corrected chi connectivity index (χ1v) is 8.09. The van der Waals surface area contributed by atoms with Crippen molar-refractivity contribution in [1.82, 2.24) is 4.90 Å². The van der Waals surface area contributed by atoms with Crippen LogP contribution < -0.4 is 4.90 Å². The van der Waals surface area contributed by atoms with Crippen molar-refractivity contribution in [3.63, 3.8) is 0 Å². The minimum Gasteiger partial charge on any atom is -0.407 e. The largest absolute Gasteiger partial charge is 0.412 e. The Bertz CT molecular complexity index is 543. The Morgan fingerprint density at radius 2 is 1.87 bits per heavy atom. The molecule has 6 heteroatoms. The van der Waals surface area contributed by atoms with Crippen molar-refractivity contribution >= 4 is 17.7 Å². The average Bonchev–Trinajstić information content (AvgIpc) is 2.83. The second-order valence-electron chi connectivity index (χ2n) is 5.68. The van der Waals surface area contributed by atoms with Gasteiger partial charge in [-0.05, 0) is 25.0 Å². The highest BCUT2D eigenvalue weighted by molar-refractivity contribution is 6.01. The van der Waals surface area contributed by atoms with Gasteiger partial charge in [0.2, 0.25) is 0 Å². The molecule has 0 unspecified atom stereocenters. The number of rotatable bonds is 6. The van der Waals surface area contributed by atoms with Gasteiger partial charge in [-0.1, -0.05) is 32.0 Å². The maximum absolute atomic E-state index is 12.5. The molecule has 1 aromatic carbocycles. The molecule has 1 heterocycles. The van der Waals surface area contributed by atoms with E-state index >= 15 is 0 Å². The van der Waals surface area contributed by atoms with Crippen LogP contribution in [0.3, 0.4) is 0 Å². The number of hydrogen-bond acceptors (Lipinski definition) is 4. The number of nitrogens with zero attached hydrogens (tertiary/aromatic N) is 2. The fraction of sp³-hybridized carbons (Fsp3) is 0.529. The molecule has 1 N–H and O–H groups in total. The van der Waals surface area contributed by atoms with Crippen LogP contribution in [0.5, 0.6) is 0 Å². The van der Waals surface area contributed by atoms with Crippen molar-refractivity contribution in [2.24, 2.45) is 0 Å². The molecule has 1 saturated heterocycles. The highest BCUT2D eigenvalue weighted by Gasteiger charge is 2.50. The third-order valence-electron chi connectivity index (χ3n) is 3.82. The molecule has 1 aliphatic heterocycles. The second kappa shape index (κ2) is 7.46. The molecule has 0 radical (unpaired) electrons. The van der Waals surface area contributed by atoms with Crippen LogP contribution in [-0.2, 0) is 9.53 Å². The van der Waals surface area contributed by atoms with Crippen molar-refractivity contribution in [3.05, 3.63) is 30.3 Å². The van der Waals surface area contributed by atoms with E-state index in [9.17, 15) is 14.7 Å². The van der Waals surface area contributed by atoms with E-state index in [4.69, 9.17) is 4.74 Å². The first-order chi connectivity index (χ1) is 11.0. The molecule has 126 valence electrons. The summed E-state index contributed by atoms with van der Waals surface area (Å²) in [6.45, 7) is 5.32. The Morgan fingerprint density at radius 1 is 1.26 bits per heavy atom. The van der Waals surface area contributed by atoms with Gasteiger partial charge in [0.1, 0.15) is 0 Å². The van der Waals surface area contributed by atoms with E-state index in [1.807, 2.05) is 32.0 Å². The zero-order chi connectivity index (χ0) is 16.9. The van der Waals surface area contributed by atoms with Crippen molar-refractivity contribution < 1.29 is 19.4 Å². The molecule has 2 rings (SSSR count). The number of ether oxygens (including phenoxy) is 1. The Hall–Kier alpha value is -2.08. The highest BCUT2D eigenvalue weighted by Crippen LogP contribution is 2.29. The van der Waals surface area contributed by atoms with E-state index < -0.39 is 17.8 Å². The zero-order valence-electron chi connectivity index (χ0n) is 13.7. The summed E-state index contributed by atoms with van der Waals surface area (Å²) in [5.41, 5.74) is 0.684. The summed E-state index contributed by atoms with van der Waals surface area (Å²) in [6.07, 6.45) is 1.01. The van der Waals surface area contributed by atoms with Crippen LogP contribution in [-0.4, -0.2) is 47.4 Å². The first kappa shape index (κ1) is 17.3. The van der Waals surface area contributed by atoms with Gasteiger partial charge in [0, 0.05) is 31.7 Å². The molecular weight excluding hydrogens is 296 g/mol. The van der Waals surface area contributed by atoms with Crippen molar-refractivity contribution in [1.29, 1.82) is 0 Å². The Kier molecular flexibility index (Phi) is 5.60. The number of aliphatic hydroxyl groups is 1. The first-order valence-electron chi connectivity index (χ1n) is 8.09. The maximum Gasteiger partial charge on any atom is 0.412 e. The van der Waals surface area contributed by atoms with Crippen molar-refractivity contribution in [3.8, 4) is 0 Å². The molecule has 0 spiro atoms. The normalized spacial score (nSPS) is 20.7. The molecule has 0 bridgehead atoms. The Morgan fingerprint density at radius 3 is 2.43 bits per heavy atom. The topological polar surface area (TPSA) is 70.1 Å². The van der Waals surface area contributed by atoms with Gasteiger partial charge in [0.05, 0.1) is 0 Å². The summed E-state index contributed by atoms with van der Waals surface area (Å²) < 4.78 is 5.18. The van der Waals surface area contributed by atoms with Gasteiger partial charge in [-0.15, -0.1) is 0 Å². The van der Waals surface area contributed by atoms with E-state index in [1.54, 1.807) is 12.1 Å². The quantitative estimate of drug-likeness (QED) is 0.817. The van der Waals surface area contributed by atoms with Gasteiger partial charge >= 0.3 is 6.09 Å². The van der Waals surface area contributed by atoms with Crippen LogP contribution in [0.15, 0.2) is 30.3 Å². The molecule has 1 aliphatic rings. The Balaban J connectivity index is 2.07. The van der Waals surface area contributed by atoms with Gasteiger partial charge in [0.15, 0.2) is 0 Å². The molecule has 23 heavy (non-hydrogen) atoms. The summed E-state index contributed by atoms with van der Waals surface area (Å²) >= 11 is 0. The predicted molar refractivity (Wildman–Crippen MR) is 87.0 cm³/mol. The summed E-state index contributed by atoms with van der Waals surface area (Å²) in [6, 6.07) is 9.05. The standard InChI is InChI=1S/C17H24N2O4/c1-3-11-18(12-4-2)16(21)23-17(22)10-13-19(15(17)20)14-8-6-5-7-9-14/h5-9,22H,3-4,10-13H2,1-2H3/t17-/m0/s1. The van der Waals surface area contributed by atoms with E-state index in [2.05, 4.69) is 0 Å². The van der Waals surface area contributed by atoms with Crippen LogP contribution in [0, 0.1) is 0 Å². The SMILES string of the molecule is CCCN(CCC)C(=O)O[C@@]1(O)CCN(c2ccccc2)C1=O. The molecular formula is C17H24N2O4. The van der Waals surface area contributed by atoms with Crippen molar-refractivity contribution in [2.45, 2.75) is 38.9 Å². The number of anilines is 1. The van der Waals surface area contributed by atoms with E-state index in [1.165, 1.54) is 9.80 Å². The lowest BCUT2D eigenvalue weighted by Crippen LogP contribution is -2.47. The van der Waals surface area contributed by atoms with Crippen LogP contribution >= 0.6 is 0 Å². The molecule has 6 nitrogen and oxygen atoms in total. The molecule has 1 fully saturated rings. The van der Waals surface area contributed by atoms with Gasteiger partial charge < -0.3 is 19.6 Å². The van der Waals surface area contributed by atoms with E-state index in [-0.39, 0.29) is 6.42 Å². The highest BCUT2D eigenvalue weighted by atomic mass is 16.7. The number of benzene rings is 1. The smallest absolute Gasteiger partial charge is 0.407 e. The fourth-order valence-electron chi connectivity index (χ4n) is 2.67. The minimum absolute atomic E-state index is 0.0680. The number of amides is 2. The molecule has 0 aliphatic carbocycles. The van der Waals surface area contributed by atoms with Crippen LogP contribution in [0.4, 0.5) is 10.5 Å². The molecule has 1 aromatic rings. The number of para-hydroxylation sites is 1. The summed E-state index contributed by atoms with van der Waals surface area (Å²) in [5.74, 6) is -2.67. The fourth-order valence-corrected chi connectivity index (χ4v) is 2.67. The summed E-state index contributed by atoms with van der Waals surface area (Å²) in [4.78, 5) is 27.7. The van der Waals surface area contributed by atoms with Gasteiger partial charge in [-0.2, -0.15) is 0 Å². The van der Waals surface area contributed by atoms with Crippen LogP contribution in [0.2, 0.25) is 0 Å². The number of hydrogen-bond donors (Lipinski definition) is 1. The molecule has 0 aromatic heterocycles. The van der Waals surface area contributed by atoms with Crippen molar-refractivity contribution in [2.75, 3.05) is 24.5 Å². The number of carbonyl (C=O) groups excluding carboxylic acids is 2. The average molecular weight is 320 g/mol. The lowest BCUT2D eigenvalue weighted by Gasteiger charge is -2.27. The molecule has 1 atom stereocenters. The van der Waals surface area contributed by atoms with Gasteiger partial charge in [0.25, 0.3) is 11.7 Å². The second-order valence-corrected chi connectivity index (χ2v) is 5.68. The third-order valence-corrected chi connectivity index (χ3v) is 3.82. The predicted octanol–water partition coefficient (Wildman–Crippen LogP) is 2.37.